The molecule has 2 aromatic rings. The maximum atomic E-state index is 14.8. The second-order valence-corrected chi connectivity index (χ2v) is 9.51. The highest BCUT2D eigenvalue weighted by atomic mass is 32.2. The first kappa shape index (κ1) is 22.0. The predicted molar refractivity (Wildman–Crippen MR) is 118 cm³/mol. The van der Waals surface area contributed by atoms with Crippen LogP contribution >= 0.6 is 24.4 Å². The zero-order valence-electron chi connectivity index (χ0n) is 16.7. The normalized spacial score (nSPS) is 20.9. The van der Waals surface area contributed by atoms with Crippen molar-refractivity contribution in [1.82, 2.24) is 4.90 Å². The topological polar surface area (TPSA) is 70.8 Å². The van der Waals surface area contributed by atoms with Crippen molar-refractivity contribution < 1.29 is 27.9 Å². The Balaban J connectivity index is 1.70. The van der Waals surface area contributed by atoms with Gasteiger partial charge in [0.15, 0.2) is 5.82 Å². The monoisotopic (exact) mass is 465 g/mol. The van der Waals surface area contributed by atoms with Crippen LogP contribution < -0.4 is 0 Å². The van der Waals surface area contributed by atoms with E-state index in [0.717, 1.165) is 37.8 Å². The number of carboxylic acid groups (broad SMARTS) is 1. The third kappa shape index (κ3) is 4.01. The average Bonchev–Trinajstić information content (AvgIpc) is 3.42. The van der Waals surface area contributed by atoms with Gasteiger partial charge in [-0.25, -0.2) is 13.6 Å². The van der Waals surface area contributed by atoms with E-state index in [4.69, 9.17) is 9.52 Å². The first-order valence-electron chi connectivity index (χ1n) is 10.0. The molecular weight excluding hydrogens is 444 g/mol. The van der Waals surface area contributed by atoms with Crippen LogP contribution in [0.4, 0.5) is 8.78 Å². The molecule has 2 fully saturated rings. The molecule has 1 aliphatic carbocycles. The molecule has 2 aliphatic rings. The van der Waals surface area contributed by atoms with Gasteiger partial charge >= 0.3 is 5.97 Å². The van der Waals surface area contributed by atoms with Crippen molar-refractivity contribution in [2.45, 2.75) is 49.8 Å². The largest absolute Gasteiger partial charge is 0.477 e. The van der Waals surface area contributed by atoms with E-state index >= 15 is 0 Å². The quantitative estimate of drug-likeness (QED) is 0.447. The van der Waals surface area contributed by atoms with Crippen LogP contribution in [0.2, 0.25) is 0 Å². The number of hydrogen-bond donors (Lipinski definition) is 2. The summed E-state index contributed by atoms with van der Waals surface area (Å²) < 4.78 is 34.1. The molecule has 0 bridgehead atoms. The lowest BCUT2D eigenvalue weighted by Crippen LogP contribution is -2.37. The molecule has 1 aliphatic heterocycles. The molecule has 5 nitrogen and oxygen atoms in total. The van der Waals surface area contributed by atoms with Crippen LogP contribution in [0.3, 0.4) is 0 Å². The summed E-state index contributed by atoms with van der Waals surface area (Å²) in [6.07, 6.45) is 6.22. The maximum absolute atomic E-state index is 14.8. The summed E-state index contributed by atoms with van der Waals surface area (Å²) >= 11 is 5.89. The molecule has 0 radical (unpaired) electrons. The number of furan rings is 1. The fraction of sp³-hybridized carbons (Fsp3) is 0.364. The summed E-state index contributed by atoms with van der Waals surface area (Å²) in [6, 6.07) is 3.94. The van der Waals surface area contributed by atoms with Gasteiger partial charge in [-0.15, -0.1) is 12.6 Å². The van der Waals surface area contributed by atoms with E-state index in [-0.39, 0.29) is 28.0 Å². The predicted octanol–water partition coefficient (Wildman–Crippen LogP) is 5.56. The molecule has 1 atom stereocenters. The molecule has 2 heterocycles. The van der Waals surface area contributed by atoms with Gasteiger partial charge in [0.1, 0.15) is 27.6 Å². The molecule has 1 saturated heterocycles. The summed E-state index contributed by atoms with van der Waals surface area (Å²) in [5.74, 6) is -3.67. The number of aryl methyl sites for hydroxylation is 1. The molecule has 1 aromatic heterocycles. The lowest BCUT2D eigenvalue weighted by Gasteiger charge is -2.26. The number of hydrogen-bond acceptors (Lipinski definition) is 5. The Labute approximate surface area is 187 Å². The van der Waals surface area contributed by atoms with Crippen LogP contribution in [-0.4, -0.2) is 32.6 Å². The number of amides is 1. The minimum absolute atomic E-state index is 0.103. The molecule has 1 unspecified atom stereocenters. The number of thiol groups is 1. The smallest absolute Gasteiger partial charge is 0.341 e. The number of aromatic carboxylic acids is 1. The molecule has 1 aromatic carbocycles. The molecule has 31 heavy (non-hydrogen) atoms. The van der Waals surface area contributed by atoms with Gasteiger partial charge in [0, 0.05) is 12.1 Å². The molecule has 1 saturated carbocycles. The van der Waals surface area contributed by atoms with Crippen LogP contribution in [0.5, 0.6) is 0 Å². The van der Waals surface area contributed by atoms with Gasteiger partial charge in [0.05, 0.1) is 10.5 Å². The number of halogens is 2. The molecular formula is C22H21F2NO4S2. The second kappa shape index (κ2) is 8.70. The number of carbonyl (C=O) groups excluding carboxylic acids is 1. The van der Waals surface area contributed by atoms with Gasteiger partial charge < -0.3 is 14.4 Å². The molecule has 1 amide bonds. The summed E-state index contributed by atoms with van der Waals surface area (Å²) in [5.41, 5.74) is -0.535. The Morgan fingerprint density at radius 2 is 2.06 bits per heavy atom. The standard InChI is InChI=1S/C22H21F2NO4S2/c1-2-11-9-13(10-16-20(26)25(22(30)31-16)12-5-3-4-6-12)29-19(11)14-7-8-15(23)17(18(14)24)21(27)28/h7-10,12,22,30H,2-6H2,1H3,(H,27,28)/b16-10-. The second-order valence-electron chi connectivity index (χ2n) is 7.55. The highest BCUT2D eigenvalue weighted by molar-refractivity contribution is 8.14. The summed E-state index contributed by atoms with van der Waals surface area (Å²) in [6.45, 7) is 1.84. The van der Waals surface area contributed by atoms with Gasteiger partial charge in [-0.1, -0.05) is 31.5 Å². The number of carbonyl (C=O) groups is 2. The fourth-order valence-corrected chi connectivity index (χ4v) is 5.77. The van der Waals surface area contributed by atoms with Crippen LogP contribution in [0.1, 0.15) is 54.3 Å². The Hall–Kier alpha value is -2.26. The van der Waals surface area contributed by atoms with E-state index in [0.29, 0.717) is 22.6 Å². The number of nitrogens with zero attached hydrogens (tertiary/aromatic N) is 1. The van der Waals surface area contributed by atoms with E-state index in [9.17, 15) is 18.4 Å². The lowest BCUT2D eigenvalue weighted by atomic mass is 10.0. The minimum Gasteiger partial charge on any atom is -0.477 e. The van der Waals surface area contributed by atoms with Crippen molar-refractivity contribution in [3.05, 3.63) is 51.6 Å². The summed E-state index contributed by atoms with van der Waals surface area (Å²) in [5, 5.41) is 9.14. The average molecular weight is 466 g/mol. The van der Waals surface area contributed by atoms with Gasteiger partial charge in [0.2, 0.25) is 0 Å². The van der Waals surface area contributed by atoms with E-state index in [1.54, 1.807) is 17.0 Å². The lowest BCUT2D eigenvalue weighted by molar-refractivity contribution is -0.127. The summed E-state index contributed by atoms with van der Waals surface area (Å²) in [7, 11) is 0. The van der Waals surface area contributed by atoms with Gasteiger partial charge in [-0.3, -0.25) is 4.79 Å². The minimum atomic E-state index is -1.69. The number of rotatable bonds is 5. The third-order valence-corrected chi connectivity index (χ3v) is 7.22. The fourth-order valence-electron chi connectivity index (χ4n) is 4.14. The van der Waals surface area contributed by atoms with Crippen molar-refractivity contribution in [2.75, 3.05) is 0 Å². The van der Waals surface area contributed by atoms with Gasteiger partial charge in [-0.2, -0.15) is 0 Å². The molecule has 1 N–H and O–H groups in total. The van der Waals surface area contributed by atoms with Crippen molar-refractivity contribution in [3.63, 3.8) is 0 Å². The van der Waals surface area contributed by atoms with Crippen LogP contribution in [0.25, 0.3) is 17.4 Å². The Kier molecular flexibility index (Phi) is 6.16. The zero-order chi connectivity index (χ0) is 22.3. The number of thioether (sulfide) groups is 1. The number of carboxylic acids is 1. The molecule has 9 heteroatoms. The van der Waals surface area contributed by atoms with Gasteiger partial charge in [0.25, 0.3) is 5.91 Å². The van der Waals surface area contributed by atoms with Crippen LogP contribution in [-0.2, 0) is 11.2 Å². The van der Waals surface area contributed by atoms with E-state index in [1.807, 2.05) is 6.92 Å². The highest BCUT2D eigenvalue weighted by Gasteiger charge is 2.39. The Morgan fingerprint density at radius 1 is 1.35 bits per heavy atom. The van der Waals surface area contributed by atoms with Crippen molar-refractivity contribution in [2.24, 2.45) is 0 Å². The Morgan fingerprint density at radius 3 is 2.71 bits per heavy atom. The van der Waals surface area contributed by atoms with Crippen molar-refractivity contribution >= 4 is 42.3 Å². The van der Waals surface area contributed by atoms with Crippen molar-refractivity contribution in [1.29, 1.82) is 0 Å². The van der Waals surface area contributed by atoms with Crippen molar-refractivity contribution in [3.8, 4) is 11.3 Å². The van der Waals surface area contributed by atoms with E-state index in [1.165, 1.54) is 11.8 Å². The SMILES string of the molecule is CCc1cc(/C=C2\SC(S)N(C3CCCC3)C2=O)oc1-c1ccc(F)c(C(=O)O)c1F. The Bertz CT molecular complexity index is 1080. The summed E-state index contributed by atoms with van der Waals surface area (Å²) in [4.78, 5) is 26.5. The molecule has 164 valence electrons. The van der Waals surface area contributed by atoms with Gasteiger partial charge in [-0.05, 0) is 43.0 Å². The van der Waals surface area contributed by atoms with Crippen LogP contribution in [0, 0.1) is 11.6 Å². The molecule has 4 rings (SSSR count). The first-order valence-corrected chi connectivity index (χ1v) is 11.4. The maximum Gasteiger partial charge on any atom is 0.341 e. The first-order chi connectivity index (χ1) is 14.8. The third-order valence-electron chi connectivity index (χ3n) is 5.67. The van der Waals surface area contributed by atoms with Crippen LogP contribution in [0.15, 0.2) is 27.5 Å². The number of benzene rings is 1. The van der Waals surface area contributed by atoms with E-state index < -0.39 is 23.2 Å². The molecule has 0 spiro atoms. The highest BCUT2D eigenvalue weighted by Crippen LogP contribution is 2.43. The van der Waals surface area contributed by atoms with E-state index in [2.05, 4.69) is 12.6 Å². The zero-order valence-corrected chi connectivity index (χ0v) is 18.4.